The van der Waals surface area contributed by atoms with Crippen molar-refractivity contribution in [1.82, 2.24) is 52.8 Å². The molecule has 0 aromatic rings. The summed E-state index contributed by atoms with van der Waals surface area (Å²) in [7, 11) is -3.94. The van der Waals surface area contributed by atoms with E-state index in [1.165, 1.54) is 20.8 Å². The zero-order valence-electron chi connectivity index (χ0n) is 72.6. The van der Waals surface area contributed by atoms with E-state index in [-0.39, 0.29) is 216 Å². The molecule has 42 nitrogen and oxygen atoms in total. The Kier molecular flexibility index (Phi) is 55.2. The molecular weight excluding hydrogens is 1660 g/mol. The molecule has 0 bridgehead atoms. The Balaban J connectivity index is 1.31. The minimum atomic E-state index is -3.94. The number of Topliss-reactive ketones (excluding diaryl/α,β-unsaturated/α-hetero) is 1. The van der Waals surface area contributed by atoms with Crippen molar-refractivity contribution >= 4 is 72.5 Å². The number of rotatable bonds is 67. The lowest BCUT2D eigenvalue weighted by Crippen LogP contribution is -2.64. The summed E-state index contributed by atoms with van der Waals surface area (Å²) in [5.41, 5.74) is -1.20. The fourth-order valence-electron chi connectivity index (χ4n) is 14.5. The smallest absolute Gasteiger partial charge is 0.222 e. The van der Waals surface area contributed by atoms with Gasteiger partial charge in [0, 0.05) is 150 Å². The average Bonchev–Trinajstić information content (AvgIpc) is 0.867. The summed E-state index contributed by atoms with van der Waals surface area (Å²) in [4.78, 5) is 151. The average molecular weight is 1800 g/mol. The number of aliphatic hydroxyl groups excluding tert-OH is 9. The molecule has 0 aromatic heterocycles. The zero-order valence-corrected chi connectivity index (χ0v) is 73.5. The maximum Gasteiger partial charge on any atom is 0.222 e. The standard InChI is InChI=1S/C81H144N10O32P/c1-53-43-57(49-120-124(5,112)113)91(45-53)68(105)27-13-11-9-7-6-8-10-12-23-58(98)44-81(50-114-40-28-65(102)85-34-20-31-82-62(99)24-14-17-37-117-78-69(88-54(2)95)75(109)72(106)59(46-92)121-78,51-115-41-29-66(103)86-35-21-32-83-63(100)25-15-18-38-118-79-70(89-55(3)96)76(110)73(107)60(47-93)122-79)52-116-42-30-67(104)87-36-22-33-84-64(101)26-16-19-39-119-80-71(90-56(4)97)77(111)74(108)61(48-94)123-80/h53,57,59-61,69-80,92-94,106-111H,5-52H2,1-4H3,(H,82,99)(H,83,100)(H,84,101)(H,85,102)(H,86,103)(H,87,104)(H,88,95)(H,89,96)(H,90,97)(H,112,113)/q-1/t53-,57+,59?,60?,61?,69?,70?,71?,72?,73?,74?,75?,76?,77?,78?,79?,80?,81?/m1/s1. The third-order valence-electron chi connectivity index (χ3n) is 21.2. The molecule has 124 heavy (non-hydrogen) atoms. The molecule has 0 aromatic carbocycles. The van der Waals surface area contributed by atoms with E-state index in [1.54, 1.807) is 4.90 Å². The molecule has 4 aliphatic heterocycles. The van der Waals surface area contributed by atoms with Crippen molar-refractivity contribution < 1.29 is 155 Å². The van der Waals surface area contributed by atoms with Crippen LogP contribution in [0, 0.1) is 18.0 Å². The van der Waals surface area contributed by atoms with Crippen LogP contribution < -0.4 is 47.9 Å². The zero-order chi connectivity index (χ0) is 91.4. The third-order valence-corrected chi connectivity index (χ3v) is 21.8. The van der Waals surface area contributed by atoms with Gasteiger partial charge in [0.25, 0.3) is 0 Å². The molecule has 4 saturated heterocycles. The summed E-state index contributed by atoms with van der Waals surface area (Å²) in [6, 6.07) is -3.58. The Morgan fingerprint density at radius 1 is 0.411 bits per heavy atom. The fourth-order valence-corrected chi connectivity index (χ4v) is 14.9. The number of nitrogens with one attached hydrogen (secondary N) is 9. The van der Waals surface area contributed by atoms with Crippen LogP contribution in [0.1, 0.15) is 201 Å². The summed E-state index contributed by atoms with van der Waals surface area (Å²) in [5.74, 6) is -3.25. The Morgan fingerprint density at radius 2 is 0.710 bits per heavy atom. The van der Waals surface area contributed by atoms with E-state index in [0.29, 0.717) is 90.0 Å². The van der Waals surface area contributed by atoms with E-state index in [1.807, 2.05) is 6.92 Å². The van der Waals surface area contributed by atoms with Gasteiger partial charge in [-0.25, -0.2) is 6.66 Å². The van der Waals surface area contributed by atoms with Gasteiger partial charge in [0.05, 0.1) is 72.1 Å². The van der Waals surface area contributed by atoms with Gasteiger partial charge in [-0.2, -0.15) is 0 Å². The normalized spacial score (nSPS) is 25.4. The van der Waals surface area contributed by atoms with Gasteiger partial charge < -0.3 is 151 Å². The quantitative estimate of drug-likeness (QED) is 0.0171. The number of ether oxygens (including phenoxy) is 9. The van der Waals surface area contributed by atoms with Crippen molar-refractivity contribution in [3.8, 4) is 0 Å². The monoisotopic (exact) mass is 1800 g/mol. The molecule has 716 valence electrons. The molecule has 0 saturated carbocycles. The molecule has 19 N–H and O–H groups in total. The van der Waals surface area contributed by atoms with Crippen molar-refractivity contribution in [2.24, 2.45) is 11.3 Å². The van der Waals surface area contributed by atoms with Crippen molar-refractivity contribution in [3.05, 3.63) is 6.66 Å². The molecule has 18 atom stereocenters. The van der Waals surface area contributed by atoms with Crippen molar-refractivity contribution in [2.75, 3.05) is 132 Å². The molecule has 4 fully saturated rings. The van der Waals surface area contributed by atoms with E-state index >= 15 is 0 Å². The topological polar surface area (TPSA) is 611 Å². The van der Waals surface area contributed by atoms with Crippen LogP contribution in [0.3, 0.4) is 0 Å². The summed E-state index contributed by atoms with van der Waals surface area (Å²) < 4.78 is 69.2. The predicted octanol–water partition coefficient (Wildman–Crippen LogP) is -2.46. The van der Waals surface area contributed by atoms with Gasteiger partial charge in [0.1, 0.15) is 78.8 Å². The molecule has 43 heteroatoms. The third kappa shape index (κ3) is 45.2. The number of unbranched alkanes of at least 4 members (excludes halogenated alkanes) is 10. The summed E-state index contributed by atoms with van der Waals surface area (Å²) >= 11 is 0. The maximum atomic E-state index is 14.2. The highest BCUT2D eigenvalue weighted by atomic mass is 31.2. The Labute approximate surface area is 726 Å². The minimum absolute atomic E-state index is 0.0149. The van der Waals surface area contributed by atoms with Crippen molar-refractivity contribution in [1.29, 1.82) is 0 Å². The molecule has 0 spiro atoms. The number of amides is 10. The largest absolute Gasteiger partial charge is 0.394 e. The van der Waals surface area contributed by atoms with Crippen molar-refractivity contribution in [2.45, 2.75) is 299 Å². The van der Waals surface area contributed by atoms with Crippen LogP contribution in [0.25, 0.3) is 0 Å². The molecule has 4 aliphatic rings. The van der Waals surface area contributed by atoms with Gasteiger partial charge in [0.15, 0.2) is 26.5 Å². The lowest BCUT2D eigenvalue weighted by atomic mass is 9.84. The van der Waals surface area contributed by atoms with Crippen LogP contribution in [0.4, 0.5) is 0 Å². The minimum Gasteiger partial charge on any atom is -0.394 e. The Bertz CT molecular complexity index is 2950. The Hall–Kier alpha value is -6.20. The van der Waals surface area contributed by atoms with Gasteiger partial charge in [-0.05, 0) is 83.0 Å². The van der Waals surface area contributed by atoms with Gasteiger partial charge in [-0.3, -0.25) is 57.3 Å². The second-order valence-corrected chi connectivity index (χ2v) is 33.9. The molecule has 10 amide bonds. The van der Waals surface area contributed by atoms with E-state index in [4.69, 9.17) is 47.2 Å². The maximum absolute atomic E-state index is 14.2. The molecule has 4 heterocycles. The second kappa shape index (κ2) is 62.1. The number of aliphatic hydroxyl groups is 9. The summed E-state index contributed by atoms with van der Waals surface area (Å²) in [6.45, 7) is 8.37. The van der Waals surface area contributed by atoms with Crippen molar-refractivity contribution in [3.63, 3.8) is 0 Å². The highest BCUT2D eigenvalue weighted by Gasteiger charge is 2.48. The van der Waals surface area contributed by atoms with Crippen LogP contribution >= 0.6 is 7.60 Å². The van der Waals surface area contributed by atoms with Crippen LogP contribution in [-0.4, -0.2) is 350 Å². The highest BCUT2D eigenvalue weighted by Crippen LogP contribution is 2.41. The van der Waals surface area contributed by atoms with E-state index in [2.05, 4.69) is 54.5 Å². The fraction of sp³-hybridized carbons (Fsp3) is 0.852. The first-order chi connectivity index (χ1) is 59.2. The molecule has 0 aliphatic carbocycles. The van der Waals surface area contributed by atoms with E-state index < -0.39 is 142 Å². The van der Waals surface area contributed by atoms with E-state index in [9.17, 15) is 108 Å². The number of likely N-dealkylation sites (tertiary alicyclic amines) is 1. The van der Waals surface area contributed by atoms with Crippen LogP contribution in [0.2, 0.25) is 0 Å². The molecule has 0 radical (unpaired) electrons. The lowest BCUT2D eigenvalue weighted by molar-refractivity contribution is -0.270. The van der Waals surface area contributed by atoms with Gasteiger partial charge in [-0.15, -0.1) is 0 Å². The van der Waals surface area contributed by atoms with E-state index in [0.717, 1.165) is 38.5 Å². The van der Waals surface area contributed by atoms with Gasteiger partial charge in [0.2, 0.25) is 59.1 Å². The summed E-state index contributed by atoms with van der Waals surface area (Å²) in [6.07, 6.45) is -4.51. The first kappa shape index (κ1) is 110. The van der Waals surface area contributed by atoms with Gasteiger partial charge in [-0.1, -0.05) is 45.4 Å². The molecular formula is C81H144N10O32P-. The van der Waals surface area contributed by atoms with Crippen LogP contribution in [0.15, 0.2) is 0 Å². The molecule has 4 rings (SSSR count). The van der Waals surface area contributed by atoms with Crippen LogP contribution in [-0.2, 0) is 104 Å². The number of carbonyl (C=O) groups excluding carboxylic acids is 11. The number of ketones is 1. The predicted molar refractivity (Wildman–Crippen MR) is 442 cm³/mol. The number of hydrogen-bond acceptors (Lipinski definition) is 31. The number of hydrogen-bond donors (Lipinski definition) is 19. The molecule has 16 unspecified atom stereocenters. The number of carbonyl (C=O) groups is 11. The Morgan fingerprint density at radius 3 is 1.02 bits per heavy atom. The number of nitrogens with zero attached hydrogens (tertiary/aromatic N) is 1. The first-order valence-corrected chi connectivity index (χ1v) is 45.5. The first-order valence-electron chi connectivity index (χ1n) is 43.7. The second-order valence-electron chi connectivity index (χ2n) is 32.4. The highest BCUT2D eigenvalue weighted by molar-refractivity contribution is 7.54. The summed E-state index contributed by atoms with van der Waals surface area (Å²) in [5, 5.41) is 116. The van der Waals surface area contributed by atoms with Gasteiger partial charge >= 0.3 is 0 Å². The van der Waals surface area contributed by atoms with Crippen LogP contribution in [0.5, 0.6) is 0 Å². The lowest BCUT2D eigenvalue weighted by Gasteiger charge is -2.42. The SMILES string of the molecule is [CH2-]P(=O)(O)OC[C@@H]1C[C@@H](C)CN1C(=O)CCCCCCCCCCC(=O)CC(COCCC(=O)NCCCNC(=O)CCCCOC1OC(CO)C(O)C(O)C1NC(C)=O)(COCCC(=O)NCCCNC(=O)CCCCOC1OC(CO)C(O)C(O)C1NC(C)=O)COCCC(=O)NCCCNC(=O)CCCCOC1OC(CO)C(O)C(O)C1NC(C)=O.